The number of anilines is 2. The van der Waals surface area contributed by atoms with Gasteiger partial charge in [-0.2, -0.15) is 0 Å². The number of nitrogen functional groups attached to an aromatic ring is 1. The molecule has 130 valence electrons. The number of hydrogen-bond donors (Lipinski definition) is 3. The van der Waals surface area contributed by atoms with E-state index in [0.29, 0.717) is 24.7 Å². The topological polar surface area (TPSA) is 96.2 Å². The van der Waals surface area contributed by atoms with Gasteiger partial charge in [0.25, 0.3) is 5.56 Å². The molecule has 0 radical (unpaired) electrons. The number of thiocarbonyl (C=S) groups is 1. The van der Waals surface area contributed by atoms with E-state index in [1.54, 1.807) is 4.90 Å². The van der Waals surface area contributed by atoms with Crippen molar-refractivity contribution in [1.29, 1.82) is 0 Å². The molecule has 0 amide bonds. The molecule has 0 aromatic carbocycles. The quantitative estimate of drug-likeness (QED) is 0.647. The molecule has 1 aromatic heterocycles. The van der Waals surface area contributed by atoms with Crippen LogP contribution in [0.5, 0.6) is 0 Å². The van der Waals surface area contributed by atoms with E-state index in [0.717, 1.165) is 12.8 Å². The number of rotatable bonds is 7. The molecule has 0 aliphatic rings. The highest BCUT2D eigenvalue weighted by Gasteiger charge is 2.22. The Morgan fingerprint density at radius 3 is 2.57 bits per heavy atom. The summed E-state index contributed by atoms with van der Waals surface area (Å²) in [7, 11) is 0. The molecule has 4 N–H and O–H groups in total. The Bertz CT molecular complexity index is 650. The molecule has 1 heterocycles. The maximum absolute atomic E-state index is 12.3. The third-order valence-electron chi connectivity index (χ3n) is 3.34. The summed E-state index contributed by atoms with van der Waals surface area (Å²) in [5, 5.41) is 3.47. The van der Waals surface area contributed by atoms with Crippen LogP contribution in [-0.2, 0) is 6.54 Å². The van der Waals surface area contributed by atoms with Gasteiger partial charge < -0.3 is 16.0 Å². The summed E-state index contributed by atoms with van der Waals surface area (Å²) < 4.78 is 1.40. The average Bonchev–Trinajstić information content (AvgIpc) is 2.45. The van der Waals surface area contributed by atoms with Crippen LogP contribution in [0.1, 0.15) is 40.5 Å². The summed E-state index contributed by atoms with van der Waals surface area (Å²) in [6, 6.07) is 0. The normalized spacial score (nSPS) is 10.8. The largest absolute Gasteiger partial charge is 0.383 e. The Labute approximate surface area is 141 Å². The van der Waals surface area contributed by atoms with Crippen molar-refractivity contribution in [2.75, 3.05) is 23.7 Å². The van der Waals surface area contributed by atoms with E-state index in [-0.39, 0.29) is 17.4 Å². The van der Waals surface area contributed by atoms with E-state index in [9.17, 15) is 9.59 Å². The predicted molar refractivity (Wildman–Crippen MR) is 99.1 cm³/mol. The van der Waals surface area contributed by atoms with Crippen LogP contribution in [0, 0.1) is 5.92 Å². The van der Waals surface area contributed by atoms with Gasteiger partial charge in [0.1, 0.15) is 5.82 Å². The molecule has 0 fully saturated rings. The second-order valence-electron chi connectivity index (χ2n) is 5.84. The Morgan fingerprint density at radius 2 is 2.04 bits per heavy atom. The molecule has 0 aliphatic carbocycles. The Morgan fingerprint density at radius 1 is 1.39 bits per heavy atom. The molecule has 0 unspecified atom stereocenters. The number of unbranched alkanes of at least 4 members (excludes halogenated alkanes) is 1. The fourth-order valence-corrected chi connectivity index (χ4v) is 2.57. The van der Waals surface area contributed by atoms with E-state index >= 15 is 0 Å². The van der Waals surface area contributed by atoms with Crippen LogP contribution in [0.3, 0.4) is 0 Å². The van der Waals surface area contributed by atoms with Crippen molar-refractivity contribution in [3.8, 4) is 0 Å². The first-order valence-corrected chi connectivity index (χ1v) is 8.42. The van der Waals surface area contributed by atoms with Crippen molar-refractivity contribution < 1.29 is 0 Å². The van der Waals surface area contributed by atoms with Gasteiger partial charge in [-0.3, -0.25) is 14.3 Å². The van der Waals surface area contributed by atoms with Gasteiger partial charge >= 0.3 is 5.69 Å². The average molecular weight is 341 g/mol. The Hall–Kier alpha value is -1.83. The zero-order valence-electron chi connectivity index (χ0n) is 14.3. The van der Waals surface area contributed by atoms with E-state index in [1.165, 1.54) is 4.57 Å². The van der Waals surface area contributed by atoms with Gasteiger partial charge in [0, 0.05) is 19.6 Å². The minimum absolute atomic E-state index is 0.160. The highest BCUT2D eigenvalue weighted by molar-refractivity contribution is 7.80. The Kier molecular flexibility index (Phi) is 7.28. The molecule has 7 nitrogen and oxygen atoms in total. The SMILES string of the molecule is CCCCn1c(N)c(N(CC(C)C)C(=S)NCC)c(=O)[nH]c1=O. The van der Waals surface area contributed by atoms with E-state index < -0.39 is 11.2 Å². The highest BCUT2D eigenvalue weighted by Crippen LogP contribution is 2.18. The number of nitrogens with two attached hydrogens (primary N) is 1. The molecular formula is C15H27N5O2S. The van der Waals surface area contributed by atoms with Crippen LogP contribution >= 0.6 is 12.2 Å². The fraction of sp³-hybridized carbons (Fsp3) is 0.667. The summed E-state index contributed by atoms with van der Waals surface area (Å²) in [6.45, 7) is 9.65. The lowest BCUT2D eigenvalue weighted by molar-refractivity contribution is 0.600. The van der Waals surface area contributed by atoms with Crippen LogP contribution in [0.4, 0.5) is 11.5 Å². The minimum atomic E-state index is -0.513. The van der Waals surface area contributed by atoms with Gasteiger partial charge in [0.2, 0.25) is 0 Å². The molecule has 23 heavy (non-hydrogen) atoms. The number of nitrogens with zero attached hydrogens (tertiary/aromatic N) is 2. The maximum Gasteiger partial charge on any atom is 0.330 e. The van der Waals surface area contributed by atoms with Crippen LogP contribution in [-0.4, -0.2) is 27.8 Å². The molecule has 0 aliphatic heterocycles. The lowest BCUT2D eigenvalue weighted by Gasteiger charge is -2.28. The van der Waals surface area contributed by atoms with Crippen LogP contribution < -0.4 is 27.2 Å². The highest BCUT2D eigenvalue weighted by atomic mass is 32.1. The smallest absolute Gasteiger partial charge is 0.330 e. The van der Waals surface area contributed by atoms with Crippen LogP contribution in [0.15, 0.2) is 9.59 Å². The summed E-state index contributed by atoms with van der Waals surface area (Å²) in [4.78, 5) is 28.4. The molecule has 8 heteroatoms. The molecule has 0 atom stereocenters. The molecule has 0 saturated carbocycles. The second-order valence-corrected chi connectivity index (χ2v) is 6.22. The number of aromatic amines is 1. The molecular weight excluding hydrogens is 314 g/mol. The first-order valence-electron chi connectivity index (χ1n) is 8.01. The van der Waals surface area contributed by atoms with Crippen molar-refractivity contribution in [2.45, 2.75) is 47.1 Å². The van der Waals surface area contributed by atoms with Gasteiger partial charge in [-0.05, 0) is 31.5 Å². The van der Waals surface area contributed by atoms with Crippen molar-refractivity contribution in [1.82, 2.24) is 14.9 Å². The Balaban J connectivity index is 3.43. The summed E-state index contributed by atoms with van der Waals surface area (Å²) in [6.07, 6.45) is 1.73. The van der Waals surface area contributed by atoms with Crippen molar-refractivity contribution in [2.24, 2.45) is 5.92 Å². The minimum Gasteiger partial charge on any atom is -0.383 e. The van der Waals surface area contributed by atoms with Gasteiger partial charge in [-0.1, -0.05) is 27.2 Å². The summed E-state index contributed by atoms with van der Waals surface area (Å²) >= 11 is 5.38. The van der Waals surface area contributed by atoms with Crippen molar-refractivity contribution in [3.63, 3.8) is 0 Å². The zero-order chi connectivity index (χ0) is 17.6. The number of nitrogens with one attached hydrogen (secondary N) is 2. The van der Waals surface area contributed by atoms with Crippen LogP contribution in [0.25, 0.3) is 0 Å². The van der Waals surface area contributed by atoms with Gasteiger partial charge in [0.05, 0.1) is 0 Å². The monoisotopic (exact) mass is 341 g/mol. The van der Waals surface area contributed by atoms with Gasteiger partial charge in [0.15, 0.2) is 10.8 Å². The molecule has 0 saturated heterocycles. The molecule has 0 spiro atoms. The third-order valence-corrected chi connectivity index (χ3v) is 3.70. The summed E-state index contributed by atoms with van der Waals surface area (Å²) in [5.74, 6) is 0.425. The third kappa shape index (κ3) is 4.82. The van der Waals surface area contributed by atoms with Crippen molar-refractivity contribution in [3.05, 3.63) is 20.8 Å². The predicted octanol–water partition coefficient (Wildman–Crippen LogP) is 1.28. The first-order chi connectivity index (χ1) is 10.8. The standard InChI is InChI=1S/C15H27N5O2S/c1-5-7-8-19-12(16)11(13(21)18-14(19)22)20(9-10(3)4)15(23)17-6-2/h10H,5-9,16H2,1-4H3,(H,17,23)(H,18,21,22). The van der Waals surface area contributed by atoms with Gasteiger partial charge in [-0.25, -0.2) is 4.79 Å². The molecule has 1 rings (SSSR count). The van der Waals surface area contributed by atoms with Crippen LogP contribution in [0.2, 0.25) is 0 Å². The second kappa shape index (κ2) is 8.71. The van der Waals surface area contributed by atoms with E-state index in [1.807, 2.05) is 27.7 Å². The molecule has 1 aromatic rings. The fourth-order valence-electron chi connectivity index (χ4n) is 2.26. The zero-order valence-corrected chi connectivity index (χ0v) is 15.1. The maximum atomic E-state index is 12.3. The number of aromatic nitrogens is 2. The van der Waals surface area contributed by atoms with Gasteiger partial charge in [-0.15, -0.1) is 0 Å². The van der Waals surface area contributed by atoms with E-state index in [4.69, 9.17) is 18.0 Å². The number of H-pyrrole nitrogens is 1. The molecule has 0 bridgehead atoms. The van der Waals surface area contributed by atoms with Crippen molar-refractivity contribution >= 4 is 28.8 Å². The lowest BCUT2D eigenvalue weighted by Crippen LogP contribution is -2.46. The van der Waals surface area contributed by atoms with E-state index in [2.05, 4.69) is 10.3 Å². The summed E-state index contributed by atoms with van der Waals surface area (Å²) in [5.41, 5.74) is 5.39. The lowest BCUT2D eigenvalue weighted by atomic mass is 10.2. The number of hydrogen-bond acceptors (Lipinski definition) is 4. The first kappa shape index (κ1) is 19.2.